The molecule has 0 amide bonds. The van der Waals surface area contributed by atoms with Gasteiger partial charge in [0.05, 0.1) is 5.12 Å². The van der Waals surface area contributed by atoms with Gasteiger partial charge in [0.2, 0.25) is 0 Å². The van der Waals surface area contributed by atoms with E-state index in [1.54, 1.807) is 0 Å². The van der Waals surface area contributed by atoms with Gasteiger partial charge in [0.15, 0.2) is 0 Å². The first-order chi connectivity index (χ1) is 3.72. The number of hydrogen-bond donors (Lipinski definition) is 2. The third-order valence-electron chi connectivity index (χ3n) is 1.26. The normalized spacial score (nSPS) is 47.6. The highest BCUT2D eigenvalue weighted by Gasteiger charge is 2.29. The maximum absolute atomic E-state index is 5.89. The van der Waals surface area contributed by atoms with Gasteiger partial charge in [-0.1, -0.05) is 0 Å². The maximum Gasteiger partial charge on any atom is 0.0741 e. The molecule has 1 saturated heterocycles. The van der Waals surface area contributed by atoms with E-state index in [9.17, 15) is 0 Å². The lowest BCUT2D eigenvalue weighted by atomic mass is 10.4. The van der Waals surface area contributed by atoms with Gasteiger partial charge in [-0.25, -0.2) is 0 Å². The summed E-state index contributed by atoms with van der Waals surface area (Å²) >= 11 is 14.5. The van der Waals surface area contributed by atoms with E-state index in [2.05, 4.69) is 24.9 Å². The van der Waals surface area contributed by atoms with Crippen molar-refractivity contribution in [2.45, 2.75) is 16.8 Å². The van der Waals surface area contributed by atoms with E-state index in [0.29, 0.717) is 5.25 Å². The van der Waals surface area contributed by atoms with Crippen LogP contribution in [0.15, 0.2) is 0 Å². The van der Waals surface area contributed by atoms with Crippen LogP contribution in [0.25, 0.3) is 0 Å². The zero-order valence-corrected chi connectivity index (χ0v) is 7.73. The number of rotatable bonds is 0. The molecule has 0 N–H and O–H groups in total. The molecule has 0 aromatic carbocycles. The molecule has 0 radical (unpaired) electrons. The summed E-state index contributed by atoms with van der Waals surface area (Å²) in [6, 6.07) is 0. The molecular formula is C4H8ClPS2. The minimum absolute atomic E-state index is 0.182. The Balaban J connectivity index is 2.44. The summed E-state index contributed by atoms with van der Waals surface area (Å²) in [4.78, 5) is 0. The predicted octanol–water partition coefficient (Wildman–Crippen LogP) is 2.58. The van der Waals surface area contributed by atoms with Crippen molar-refractivity contribution in [2.75, 3.05) is 6.16 Å². The minimum Gasteiger partial charge on any atom is -0.174 e. The summed E-state index contributed by atoms with van der Waals surface area (Å²) in [6.45, 7) is 0. The summed E-state index contributed by atoms with van der Waals surface area (Å²) in [5.41, 5.74) is 0. The van der Waals surface area contributed by atoms with Gasteiger partial charge in [0.25, 0.3) is 0 Å². The fourth-order valence-electron chi connectivity index (χ4n) is 0.724. The predicted molar refractivity (Wildman–Crippen MR) is 47.8 cm³/mol. The summed E-state index contributed by atoms with van der Waals surface area (Å²) in [5.74, 6) is 0. The standard InChI is InChI=1S/C4H8ClPS2/c5-4-3(7)1-2-6(4)8/h3-4,7-8H,1-2H2. The average Bonchev–Trinajstić information content (AvgIpc) is 1.98. The molecule has 1 aliphatic rings. The largest absolute Gasteiger partial charge is 0.174 e. The van der Waals surface area contributed by atoms with E-state index in [1.165, 1.54) is 6.16 Å². The van der Waals surface area contributed by atoms with Gasteiger partial charge in [-0.05, 0) is 19.7 Å². The highest BCUT2D eigenvalue weighted by atomic mass is 35.5. The highest BCUT2D eigenvalue weighted by Crippen LogP contribution is 2.56. The quantitative estimate of drug-likeness (QED) is 0.324. The van der Waals surface area contributed by atoms with Crippen molar-refractivity contribution in [2.24, 2.45) is 0 Å². The van der Waals surface area contributed by atoms with Crippen molar-refractivity contribution in [3.63, 3.8) is 0 Å². The number of hydrogen-bond acceptors (Lipinski definition) is 2. The van der Waals surface area contributed by atoms with Gasteiger partial charge in [-0.3, -0.25) is 0 Å². The first-order valence-electron chi connectivity index (χ1n) is 2.49. The number of alkyl halides is 1. The molecule has 8 heavy (non-hydrogen) atoms. The van der Waals surface area contributed by atoms with E-state index in [4.69, 9.17) is 11.6 Å². The molecule has 4 heteroatoms. The minimum atomic E-state index is -0.182. The summed E-state index contributed by atoms with van der Waals surface area (Å²) in [6.07, 6.45) is 2.33. The Morgan fingerprint density at radius 3 is 2.38 bits per heavy atom. The molecule has 1 fully saturated rings. The number of halogens is 1. The van der Waals surface area contributed by atoms with Gasteiger partial charge in [-0.15, -0.1) is 23.8 Å². The molecule has 0 saturated carbocycles. The molecule has 0 nitrogen and oxygen atoms in total. The van der Waals surface area contributed by atoms with E-state index in [-0.39, 0.29) is 12.2 Å². The third kappa shape index (κ3) is 1.47. The lowest BCUT2D eigenvalue weighted by Gasteiger charge is -2.07. The van der Waals surface area contributed by atoms with Crippen molar-refractivity contribution in [1.29, 1.82) is 0 Å². The van der Waals surface area contributed by atoms with Crippen molar-refractivity contribution >= 4 is 43.6 Å². The van der Waals surface area contributed by atoms with Crippen LogP contribution in [0, 0.1) is 0 Å². The molecule has 0 aromatic rings. The van der Waals surface area contributed by atoms with Crippen LogP contribution >= 0.6 is 43.6 Å². The summed E-state index contributed by atoms with van der Waals surface area (Å²) in [5, 5.41) is 0.650. The monoisotopic (exact) mass is 186 g/mol. The Morgan fingerprint density at radius 2 is 2.25 bits per heavy atom. The molecule has 1 rings (SSSR count). The van der Waals surface area contributed by atoms with Gasteiger partial charge in [-0.2, -0.15) is 12.6 Å². The second-order valence-electron chi connectivity index (χ2n) is 1.89. The average molecular weight is 187 g/mol. The molecule has 3 atom stereocenters. The first kappa shape index (κ1) is 7.53. The Labute approximate surface area is 66.7 Å². The lowest BCUT2D eigenvalue weighted by Crippen LogP contribution is -2.01. The van der Waals surface area contributed by atoms with E-state index < -0.39 is 0 Å². The van der Waals surface area contributed by atoms with Crippen LogP contribution in [0.3, 0.4) is 0 Å². The highest BCUT2D eigenvalue weighted by molar-refractivity contribution is 8.46. The Hall–Kier alpha value is 1.42. The molecule has 1 heterocycles. The van der Waals surface area contributed by atoms with Crippen LogP contribution in [0.1, 0.15) is 6.42 Å². The zero-order valence-electron chi connectivity index (χ0n) is 4.29. The summed E-state index contributed by atoms with van der Waals surface area (Å²) < 4.78 is 0. The Kier molecular flexibility index (Phi) is 2.83. The second-order valence-corrected chi connectivity index (χ2v) is 6.75. The first-order valence-corrected chi connectivity index (χ1v) is 6.19. The third-order valence-corrected chi connectivity index (χ3v) is 6.63. The molecule has 0 aromatic heterocycles. The molecular weight excluding hydrogens is 179 g/mol. The van der Waals surface area contributed by atoms with Crippen LogP contribution < -0.4 is 0 Å². The fourth-order valence-corrected chi connectivity index (χ4v) is 4.44. The van der Waals surface area contributed by atoms with Gasteiger partial charge < -0.3 is 0 Å². The zero-order chi connectivity index (χ0) is 6.15. The molecule has 0 bridgehead atoms. The number of thiol groups is 2. The molecule has 3 unspecified atom stereocenters. The maximum atomic E-state index is 5.89. The smallest absolute Gasteiger partial charge is 0.0741 e. The molecule has 0 aliphatic carbocycles. The SMILES string of the molecule is SC1CCP(S)C1Cl. The van der Waals surface area contributed by atoms with Gasteiger partial charge in [0, 0.05) is 5.25 Å². The molecule has 1 aliphatic heterocycles. The fraction of sp³-hybridized carbons (Fsp3) is 1.00. The van der Waals surface area contributed by atoms with E-state index in [0.717, 1.165) is 6.42 Å². The van der Waals surface area contributed by atoms with Crippen LogP contribution in [0.4, 0.5) is 0 Å². The van der Waals surface area contributed by atoms with Crippen LogP contribution in [-0.2, 0) is 0 Å². The Bertz CT molecular complexity index is 80.1. The van der Waals surface area contributed by atoms with Crippen molar-refractivity contribution in [1.82, 2.24) is 0 Å². The van der Waals surface area contributed by atoms with Crippen molar-refractivity contribution < 1.29 is 0 Å². The molecule has 48 valence electrons. The van der Waals surface area contributed by atoms with Crippen LogP contribution in [-0.4, -0.2) is 16.5 Å². The van der Waals surface area contributed by atoms with E-state index >= 15 is 0 Å². The second kappa shape index (κ2) is 3.01. The lowest BCUT2D eigenvalue weighted by molar-refractivity contribution is 0.948. The summed E-state index contributed by atoms with van der Waals surface area (Å²) in [7, 11) is -0.182. The van der Waals surface area contributed by atoms with Gasteiger partial charge in [0.1, 0.15) is 0 Å². The van der Waals surface area contributed by atoms with Crippen molar-refractivity contribution in [3.05, 3.63) is 0 Å². The van der Waals surface area contributed by atoms with E-state index in [1.807, 2.05) is 0 Å². The molecule has 0 spiro atoms. The van der Waals surface area contributed by atoms with Crippen molar-refractivity contribution in [3.8, 4) is 0 Å². The van der Waals surface area contributed by atoms with Gasteiger partial charge >= 0.3 is 0 Å². The Morgan fingerprint density at radius 1 is 1.62 bits per heavy atom. The van der Waals surface area contributed by atoms with Crippen LogP contribution in [0.2, 0.25) is 0 Å². The van der Waals surface area contributed by atoms with Crippen LogP contribution in [0.5, 0.6) is 0 Å². The topological polar surface area (TPSA) is 0 Å².